The van der Waals surface area contributed by atoms with Crippen LogP contribution in [0, 0.1) is 6.92 Å². The largest absolute Gasteiger partial charge is 0.444 e. The molecule has 2 rings (SSSR count). The van der Waals surface area contributed by atoms with Crippen LogP contribution < -0.4 is 5.32 Å². The van der Waals surface area contributed by atoms with Gasteiger partial charge in [0, 0.05) is 0 Å². The highest BCUT2D eigenvalue weighted by Crippen LogP contribution is 2.07. The van der Waals surface area contributed by atoms with Crippen molar-refractivity contribution in [2.75, 3.05) is 5.32 Å². The van der Waals surface area contributed by atoms with E-state index >= 15 is 0 Å². The summed E-state index contributed by atoms with van der Waals surface area (Å²) in [6.07, 6.45) is 4.70. The number of oxazole rings is 1. The maximum Gasteiger partial charge on any atom is 0.213 e. The molecular weight excluding hydrogens is 216 g/mol. The molecule has 15 heavy (non-hydrogen) atoms. The minimum absolute atomic E-state index is 0.368. The lowest BCUT2D eigenvalue weighted by Crippen LogP contribution is -2.01. The molecule has 2 aromatic rings. The van der Waals surface area contributed by atoms with Gasteiger partial charge < -0.3 is 9.73 Å². The van der Waals surface area contributed by atoms with E-state index in [9.17, 15) is 0 Å². The first kappa shape index (κ1) is 9.92. The maximum absolute atomic E-state index is 5.60. The van der Waals surface area contributed by atoms with Crippen molar-refractivity contribution in [3.63, 3.8) is 0 Å². The van der Waals surface area contributed by atoms with Crippen LogP contribution in [0.4, 0.5) is 5.82 Å². The van der Waals surface area contributed by atoms with Crippen LogP contribution >= 0.6 is 11.6 Å². The van der Waals surface area contributed by atoms with Crippen LogP contribution in [0.25, 0.3) is 0 Å². The number of aromatic nitrogens is 3. The monoisotopic (exact) mass is 224 g/mol. The van der Waals surface area contributed by atoms with Crippen molar-refractivity contribution >= 4 is 17.4 Å². The smallest absolute Gasteiger partial charge is 0.213 e. The summed E-state index contributed by atoms with van der Waals surface area (Å²) >= 11 is 5.60. The van der Waals surface area contributed by atoms with Gasteiger partial charge in [0.2, 0.25) is 5.89 Å². The molecule has 1 N–H and O–H groups in total. The fraction of sp³-hybridized carbons (Fsp3) is 0.222. The number of anilines is 1. The molecule has 0 saturated heterocycles. The van der Waals surface area contributed by atoms with Crippen molar-refractivity contribution in [3.05, 3.63) is 35.4 Å². The molecular formula is C9H9ClN4O. The zero-order valence-electron chi connectivity index (χ0n) is 8.07. The van der Waals surface area contributed by atoms with E-state index in [-0.39, 0.29) is 0 Å². The lowest BCUT2D eigenvalue weighted by molar-refractivity contribution is 0.479. The van der Waals surface area contributed by atoms with E-state index in [1.54, 1.807) is 12.4 Å². The third-order valence-corrected chi connectivity index (χ3v) is 1.91. The summed E-state index contributed by atoms with van der Waals surface area (Å²) in [7, 11) is 0. The summed E-state index contributed by atoms with van der Waals surface area (Å²) in [6.45, 7) is 2.32. The van der Waals surface area contributed by atoms with Gasteiger partial charge in [-0.1, -0.05) is 11.6 Å². The SMILES string of the molecule is Cc1cnc(CNc2cnc(Cl)cn2)o1. The highest BCUT2D eigenvalue weighted by molar-refractivity contribution is 6.29. The Bertz CT molecular complexity index is 440. The number of aryl methyl sites for hydroxylation is 1. The normalized spacial score (nSPS) is 10.3. The Hall–Kier alpha value is -1.62. The van der Waals surface area contributed by atoms with Gasteiger partial charge in [0.1, 0.15) is 16.7 Å². The highest BCUT2D eigenvalue weighted by atomic mass is 35.5. The van der Waals surface area contributed by atoms with Crippen molar-refractivity contribution in [1.29, 1.82) is 0 Å². The van der Waals surface area contributed by atoms with Crippen molar-refractivity contribution in [2.24, 2.45) is 0 Å². The van der Waals surface area contributed by atoms with E-state index in [4.69, 9.17) is 16.0 Å². The molecule has 0 saturated carbocycles. The van der Waals surface area contributed by atoms with Crippen LogP contribution in [0.2, 0.25) is 5.15 Å². The molecule has 2 aromatic heterocycles. The number of nitrogens with one attached hydrogen (secondary N) is 1. The van der Waals surface area contributed by atoms with Gasteiger partial charge in [0.15, 0.2) is 0 Å². The van der Waals surface area contributed by atoms with E-state index in [1.165, 1.54) is 6.20 Å². The Morgan fingerprint density at radius 2 is 2.13 bits per heavy atom. The predicted octanol–water partition coefficient (Wildman–Crippen LogP) is 2.04. The van der Waals surface area contributed by atoms with Gasteiger partial charge in [-0.05, 0) is 6.92 Å². The van der Waals surface area contributed by atoms with Gasteiger partial charge in [-0.3, -0.25) is 0 Å². The lowest BCUT2D eigenvalue weighted by Gasteiger charge is -2.01. The molecule has 0 unspecified atom stereocenters. The third-order valence-electron chi connectivity index (χ3n) is 1.71. The number of rotatable bonds is 3. The van der Waals surface area contributed by atoms with Crippen molar-refractivity contribution in [3.8, 4) is 0 Å². The minimum atomic E-state index is 0.368. The van der Waals surface area contributed by atoms with Gasteiger partial charge in [-0.2, -0.15) is 0 Å². The standard InChI is InChI=1S/C9H9ClN4O/c1-6-2-14-9(15-6)5-13-8-4-11-7(10)3-12-8/h2-4H,5H2,1H3,(H,12,13). The lowest BCUT2D eigenvalue weighted by atomic mass is 10.6. The summed E-state index contributed by atoms with van der Waals surface area (Å²) in [5.74, 6) is 2.04. The number of nitrogens with zero attached hydrogens (tertiary/aromatic N) is 3. The third kappa shape index (κ3) is 2.66. The second-order valence-corrected chi connectivity index (χ2v) is 3.33. The maximum atomic E-state index is 5.60. The highest BCUT2D eigenvalue weighted by Gasteiger charge is 2.00. The molecule has 0 bridgehead atoms. The summed E-state index contributed by atoms with van der Waals surface area (Å²) in [5.41, 5.74) is 0. The first-order valence-corrected chi connectivity index (χ1v) is 4.74. The Morgan fingerprint density at radius 1 is 1.27 bits per heavy atom. The van der Waals surface area contributed by atoms with Gasteiger partial charge in [-0.15, -0.1) is 0 Å². The molecule has 0 atom stereocenters. The molecule has 0 amide bonds. The van der Waals surface area contributed by atoms with Gasteiger partial charge in [0.25, 0.3) is 0 Å². The minimum Gasteiger partial charge on any atom is -0.444 e. The fourth-order valence-electron chi connectivity index (χ4n) is 1.05. The van der Waals surface area contributed by atoms with Crippen LogP contribution in [0.3, 0.4) is 0 Å². The van der Waals surface area contributed by atoms with Crippen LogP contribution in [0.1, 0.15) is 11.7 Å². The Morgan fingerprint density at radius 3 is 2.73 bits per heavy atom. The Labute approximate surface area is 91.5 Å². The molecule has 5 nitrogen and oxygen atoms in total. The van der Waals surface area contributed by atoms with Crippen LogP contribution in [0.15, 0.2) is 23.0 Å². The molecule has 0 radical (unpaired) electrons. The molecule has 0 aliphatic rings. The molecule has 0 aliphatic heterocycles. The molecule has 0 spiro atoms. The van der Waals surface area contributed by atoms with Crippen molar-refractivity contribution in [2.45, 2.75) is 13.5 Å². The average Bonchev–Trinajstić information content (AvgIpc) is 2.64. The quantitative estimate of drug-likeness (QED) is 0.864. The molecule has 6 heteroatoms. The van der Waals surface area contributed by atoms with Gasteiger partial charge >= 0.3 is 0 Å². The van der Waals surface area contributed by atoms with Gasteiger partial charge in [-0.25, -0.2) is 15.0 Å². The average molecular weight is 225 g/mol. The molecule has 78 valence electrons. The Kier molecular flexibility index (Phi) is 2.82. The second kappa shape index (κ2) is 4.27. The number of halogens is 1. The zero-order chi connectivity index (χ0) is 10.7. The van der Waals surface area contributed by atoms with E-state index in [0.717, 1.165) is 5.76 Å². The zero-order valence-corrected chi connectivity index (χ0v) is 8.82. The summed E-state index contributed by atoms with van der Waals surface area (Å²) in [5, 5.41) is 3.38. The van der Waals surface area contributed by atoms with Crippen molar-refractivity contribution in [1.82, 2.24) is 15.0 Å². The van der Waals surface area contributed by atoms with E-state index < -0.39 is 0 Å². The summed E-state index contributed by atoms with van der Waals surface area (Å²) < 4.78 is 5.28. The number of hydrogen-bond donors (Lipinski definition) is 1. The topological polar surface area (TPSA) is 63.8 Å². The van der Waals surface area contributed by atoms with Gasteiger partial charge in [0.05, 0.1) is 25.1 Å². The molecule has 0 aromatic carbocycles. The molecule has 2 heterocycles. The predicted molar refractivity (Wildman–Crippen MR) is 55.6 cm³/mol. The summed E-state index contributed by atoms with van der Waals surface area (Å²) in [4.78, 5) is 12.0. The van der Waals surface area contributed by atoms with Crippen LogP contribution in [-0.4, -0.2) is 15.0 Å². The number of hydrogen-bond acceptors (Lipinski definition) is 5. The molecule has 0 aliphatic carbocycles. The first-order valence-electron chi connectivity index (χ1n) is 4.37. The second-order valence-electron chi connectivity index (χ2n) is 2.94. The van der Waals surface area contributed by atoms with E-state index in [0.29, 0.717) is 23.4 Å². The Balaban J connectivity index is 1.96. The van der Waals surface area contributed by atoms with Crippen LogP contribution in [0.5, 0.6) is 0 Å². The first-order chi connectivity index (χ1) is 7.24. The van der Waals surface area contributed by atoms with E-state index in [1.807, 2.05) is 6.92 Å². The van der Waals surface area contributed by atoms with Crippen LogP contribution in [-0.2, 0) is 6.54 Å². The van der Waals surface area contributed by atoms with Crippen molar-refractivity contribution < 1.29 is 4.42 Å². The fourth-order valence-corrected chi connectivity index (χ4v) is 1.15. The van der Waals surface area contributed by atoms with E-state index in [2.05, 4.69) is 20.3 Å². The molecule has 0 fully saturated rings. The summed E-state index contributed by atoms with van der Waals surface area (Å²) in [6, 6.07) is 0.